The van der Waals surface area contributed by atoms with Gasteiger partial charge >= 0.3 is 0 Å². The first-order valence-electron chi connectivity index (χ1n) is 6.56. The Bertz CT molecular complexity index is 543. The van der Waals surface area contributed by atoms with E-state index in [-0.39, 0.29) is 0 Å². The molecule has 18 heavy (non-hydrogen) atoms. The molecule has 2 aromatic rings. The van der Waals surface area contributed by atoms with Gasteiger partial charge in [-0.3, -0.25) is 0 Å². The second-order valence-electron chi connectivity index (χ2n) is 5.37. The molecule has 0 atom stereocenters. The summed E-state index contributed by atoms with van der Waals surface area (Å²) in [4.78, 5) is 8.25. The van der Waals surface area contributed by atoms with E-state index in [1.165, 1.54) is 25.7 Å². The molecule has 1 aliphatic rings. The van der Waals surface area contributed by atoms with Crippen LogP contribution in [0.2, 0.25) is 5.28 Å². The van der Waals surface area contributed by atoms with E-state index in [1.807, 2.05) is 10.9 Å². The summed E-state index contributed by atoms with van der Waals surface area (Å²) in [5.74, 6) is 1.60. The van der Waals surface area contributed by atoms with Gasteiger partial charge in [-0.05, 0) is 36.3 Å². The minimum Gasteiger partial charge on any atom is -0.247 e. The van der Waals surface area contributed by atoms with Gasteiger partial charge in [-0.25, -0.2) is 9.67 Å². The molecule has 0 aromatic carbocycles. The van der Waals surface area contributed by atoms with E-state index in [1.54, 1.807) is 6.20 Å². The Morgan fingerprint density at radius 2 is 2.06 bits per heavy atom. The van der Waals surface area contributed by atoms with Crippen molar-refractivity contribution in [3.8, 4) is 0 Å². The smallest absolute Gasteiger partial charge is 0.224 e. The van der Waals surface area contributed by atoms with Gasteiger partial charge in [-0.15, -0.1) is 0 Å². The van der Waals surface area contributed by atoms with Gasteiger partial charge in [0.15, 0.2) is 5.65 Å². The summed E-state index contributed by atoms with van der Waals surface area (Å²) in [7, 11) is 0. The Kier molecular flexibility index (Phi) is 3.20. The van der Waals surface area contributed by atoms with Crippen LogP contribution in [0.25, 0.3) is 11.0 Å². The van der Waals surface area contributed by atoms with Crippen LogP contribution in [0.3, 0.4) is 0 Å². The van der Waals surface area contributed by atoms with Gasteiger partial charge in [0.2, 0.25) is 5.28 Å². The molecule has 1 aliphatic carbocycles. The predicted molar refractivity (Wildman–Crippen MR) is 71.5 cm³/mol. The fourth-order valence-electron chi connectivity index (χ4n) is 2.74. The Morgan fingerprint density at radius 1 is 1.28 bits per heavy atom. The van der Waals surface area contributed by atoms with E-state index < -0.39 is 0 Å². The third kappa shape index (κ3) is 2.34. The summed E-state index contributed by atoms with van der Waals surface area (Å²) in [6.07, 6.45) is 8.80. The van der Waals surface area contributed by atoms with Gasteiger partial charge in [0, 0.05) is 12.7 Å². The number of aromatic nitrogens is 4. The molecular formula is C13H17ClN4. The molecule has 0 amide bonds. The van der Waals surface area contributed by atoms with Gasteiger partial charge < -0.3 is 0 Å². The third-order valence-electron chi connectivity index (χ3n) is 3.91. The van der Waals surface area contributed by atoms with E-state index >= 15 is 0 Å². The third-order valence-corrected chi connectivity index (χ3v) is 4.10. The van der Waals surface area contributed by atoms with Crippen LogP contribution in [-0.2, 0) is 6.54 Å². The largest absolute Gasteiger partial charge is 0.247 e. The lowest BCUT2D eigenvalue weighted by atomic mass is 9.83. The second kappa shape index (κ2) is 4.84. The summed E-state index contributed by atoms with van der Waals surface area (Å²) in [6.45, 7) is 3.29. The molecule has 0 saturated heterocycles. The lowest BCUT2D eigenvalue weighted by molar-refractivity contribution is 0.260. The molecule has 2 aromatic heterocycles. The Hall–Kier alpha value is -1.16. The van der Waals surface area contributed by atoms with Gasteiger partial charge in [0.25, 0.3) is 0 Å². The van der Waals surface area contributed by atoms with E-state index in [0.717, 1.165) is 29.4 Å². The van der Waals surface area contributed by atoms with Crippen LogP contribution in [0.5, 0.6) is 0 Å². The van der Waals surface area contributed by atoms with E-state index in [9.17, 15) is 0 Å². The maximum atomic E-state index is 5.85. The maximum absolute atomic E-state index is 5.85. The van der Waals surface area contributed by atoms with Crippen molar-refractivity contribution in [1.82, 2.24) is 19.7 Å². The second-order valence-corrected chi connectivity index (χ2v) is 5.71. The molecule has 0 unspecified atom stereocenters. The average Bonchev–Trinajstić information content (AvgIpc) is 2.75. The lowest BCUT2D eigenvalue weighted by Crippen LogP contribution is -2.18. The Balaban J connectivity index is 1.80. The minimum atomic E-state index is 0.293. The summed E-state index contributed by atoms with van der Waals surface area (Å²) in [5.41, 5.74) is 0.855. The molecular weight excluding hydrogens is 248 g/mol. The molecule has 2 heterocycles. The quantitative estimate of drug-likeness (QED) is 0.782. The number of fused-ring (bicyclic) bond motifs is 1. The standard InChI is InChI=1S/C13H17ClN4/c1-9-2-4-10(5-3-9)8-18-12-11(7-16-18)6-15-13(14)17-12/h6-7,9-10H,2-5,8H2,1H3/t9-,10-. The summed E-state index contributed by atoms with van der Waals surface area (Å²) < 4.78 is 1.98. The predicted octanol–water partition coefficient (Wildman–Crippen LogP) is 3.31. The SMILES string of the molecule is C[C@H]1CC[C@H](Cn2ncc3cnc(Cl)nc32)CC1. The highest BCUT2D eigenvalue weighted by Gasteiger charge is 2.19. The molecule has 0 bridgehead atoms. The fourth-order valence-corrected chi connectivity index (χ4v) is 2.86. The van der Waals surface area contributed by atoms with Crippen molar-refractivity contribution in [3.05, 3.63) is 17.7 Å². The highest BCUT2D eigenvalue weighted by Crippen LogP contribution is 2.29. The van der Waals surface area contributed by atoms with Crippen molar-refractivity contribution < 1.29 is 0 Å². The van der Waals surface area contributed by atoms with Crippen molar-refractivity contribution in [3.63, 3.8) is 0 Å². The van der Waals surface area contributed by atoms with Crippen LogP contribution in [0, 0.1) is 11.8 Å². The first-order chi connectivity index (χ1) is 8.72. The number of rotatable bonds is 2. The Labute approximate surface area is 111 Å². The van der Waals surface area contributed by atoms with Crippen molar-refractivity contribution in [2.45, 2.75) is 39.2 Å². The lowest BCUT2D eigenvalue weighted by Gasteiger charge is -2.25. The minimum absolute atomic E-state index is 0.293. The number of nitrogens with zero attached hydrogens (tertiary/aromatic N) is 4. The Morgan fingerprint density at radius 3 is 2.83 bits per heavy atom. The van der Waals surface area contributed by atoms with Crippen LogP contribution in [-0.4, -0.2) is 19.7 Å². The highest BCUT2D eigenvalue weighted by molar-refractivity contribution is 6.28. The zero-order valence-electron chi connectivity index (χ0n) is 10.5. The molecule has 0 aliphatic heterocycles. The van der Waals surface area contributed by atoms with Crippen molar-refractivity contribution in [2.24, 2.45) is 11.8 Å². The fraction of sp³-hybridized carbons (Fsp3) is 0.615. The van der Waals surface area contributed by atoms with Crippen LogP contribution in [0.1, 0.15) is 32.6 Å². The maximum Gasteiger partial charge on any atom is 0.224 e. The van der Waals surface area contributed by atoms with Crippen molar-refractivity contribution in [2.75, 3.05) is 0 Å². The van der Waals surface area contributed by atoms with E-state index in [2.05, 4.69) is 22.0 Å². The number of halogens is 1. The molecule has 4 nitrogen and oxygen atoms in total. The first kappa shape index (κ1) is 11.9. The summed E-state index contributed by atoms with van der Waals surface area (Å²) in [6, 6.07) is 0. The molecule has 96 valence electrons. The zero-order valence-corrected chi connectivity index (χ0v) is 11.3. The first-order valence-corrected chi connectivity index (χ1v) is 6.94. The summed E-state index contributed by atoms with van der Waals surface area (Å²) in [5, 5.41) is 5.66. The normalized spacial score (nSPS) is 24.6. The number of hydrogen-bond donors (Lipinski definition) is 0. The van der Waals surface area contributed by atoms with Crippen LogP contribution in [0.4, 0.5) is 0 Å². The molecule has 1 fully saturated rings. The molecule has 3 rings (SSSR count). The summed E-state index contributed by atoms with van der Waals surface area (Å²) >= 11 is 5.85. The van der Waals surface area contributed by atoms with Crippen LogP contribution < -0.4 is 0 Å². The molecule has 5 heteroatoms. The molecule has 0 spiro atoms. The van der Waals surface area contributed by atoms with E-state index in [0.29, 0.717) is 5.28 Å². The number of hydrogen-bond acceptors (Lipinski definition) is 3. The van der Waals surface area contributed by atoms with Crippen LogP contribution >= 0.6 is 11.6 Å². The topological polar surface area (TPSA) is 43.6 Å². The van der Waals surface area contributed by atoms with Gasteiger partial charge in [0.1, 0.15) is 0 Å². The van der Waals surface area contributed by atoms with Gasteiger partial charge in [-0.2, -0.15) is 10.1 Å². The monoisotopic (exact) mass is 264 g/mol. The molecule has 1 saturated carbocycles. The average molecular weight is 265 g/mol. The van der Waals surface area contributed by atoms with Crippen molar-refractivity contribution >= 4 is 22.6 Å². The highest BCUT2D eigenvalue weighted by atomic mass is 35.5. The van der Waals surface area contributed by atoms with Gasteiger partial charge in [-0.1, -0.05) is 19.8 Å². The van der Waals surface area contributed by atoms with Gasteiger partial charge in [0.05, 0.1) is 11.6 Å². The zero-order chi connectivity index (χ0) is 12.5. The molecule has 0 N–H and O–H groups in total. The van der Waals surface area contributed by atoms with E-state index in [4.69, 9.17) is 11.6 Å². The van der Waals surface area contributed by atoms with Crippen LogP contribution in [0.15, 0.2) is 12.4 Å². The molecule has 0 radical (unpaired) electrons. The van der Waals surface area contributed by atoms with Crippen molar-refractivity contribution in [1.29, 1.82) is 0 Å².